The lowest BCUT2D eigenvalue weighted by Crippen LogP contribution is -2.27. The van der Waals surface area contributed by atoms with E-state index in [0.29, 0.717) is 11.1 Å². The molecule has 1 amide bonds. The van der Waals surface area contributed by atoms with Crippen LogP contribution in [0.4, 0.5) is 0 Å². The molecule has 0 bridgehead atoms. The number of rotatable bonds is 4. The molecule has 1 aromatic carbocycles. The van der Waals surface area contributed by atoms with Crippen LogP contribution in [0.1, 0.15) is 54.9 Å². The maximum atomic E-state index is 12.0. The first-order valence-electron chi connectivity index (χ1n) is 7.47. The Bertz CT molecular complexity index is 504. The maximum absolute atomic E-state index is 12.0. The lowest BCUT2D eigenvalue weighted by molar-refractivity contribution is 0.0949. The standard InChI is InChI=1S/C17H22N2O/c1-13-4-2-5-14(10-13)8-9-19-17(20)16-7-3-6-15(11-16)12-18/h3,6-7,11,13-14H,2,4-5,8-10H2,1H3,(H,19,20). The van der Waals surface area contributed by atoms with Crippen LogP contribution in [0.2, 0.25) is 0 Å². The van der Waals surface area contributed by atoms with Gasteiger partial charge in [-0.15, -0.1) is 0 Å². The zero-order valence-corrected chi connectivity index (χ0v) is 12.1. The minimum Gasteiger partial charge on any atom is -0.352 e. The van der Waals surface area contributed by atoms with E-state index in [-0.39, 0.29) is 5.91 Å². The predicted molar refractivity (Wildman–Crippen MR) is 79.2 cm³/mol. The summed E-state index contributed by atoms with van der Waals surface area (Å²) in [6.45, 7) is 3.05. The molecule has 2 rings (SSSR count). The molecule has 0 heterocycles. The SMILES string of the molecule is CC1CCCC(CCNC(=O)c2cccc(C#N)c2)C1. The summed E-state index contributed by atoms with van der Waals surface area (Å²) in [6, 6.07) is 8.90. The van der Waals surface area contributed by atoms with Crippen LogP contribution in [0, 0.1) is 23.2 Å². The average molecular weight is 270 g/mol. The number of carbonyl (C=O) groups excluding carboxylic acids is 1. The van der Waals surface area contributed by atoms with E-state index in [0.717, 1.165) is 24.8 Å². The minimum absolute atomic E-state index is 0.0778. The zero-order chi connectivity index (χ0) is 14.4. The number of nitrogens with zero attached hydrogens (tertiary/aromatic N) is 1. The first kappa shape index (κ1) is 14.6. The van der Waals surface area contributed by atoms with Crippen LogP contribution in [0.3, 0.4) is 0 Å². The van der Waals surface area contributed by atoms with Crippen molar-refractivity contribution in [3.63, 3.8) is 0 Å². The molecule has 0 saturated heterocycles. The highest BCUT2D eigenvalue weighted by atomic mass is 16.1. The van der Waals surface area contributed by atoms with Gasteiger partial charge in [0, 0.05) is 12.1 Å². The molecule has 3 nitrogen and oxygen atoms in total. The van der Waals surface area contributed by atoms with E-state index in [1.54, 1.807) is 24.3 Å². The smallest absolute Gasteiger partial charge is 0.251 e. The van der Waals surface area contributed by atoms with Gasteiger partial charge < -0.3 is 5.32 Å². The van der Waals surface area contributed by atoms with Crippen LogP contribution in [0.5, 0.6) is 0 Å². The first-order chi connectivity index (χ1) is 9.69. The van der Waals surface area contributed by atoms with Crippen LogP contribution in [-0.2, 0) is 0 Å². The van der Waals surface area contributed by atoms with E-state index >= 15 is 0 Å². The van der Waals surface area contributed by atoms with Crippen molar-refractivity contribution in [2.45, 2.75) is 39.0 Å². The van der Waals surface area contributed by atoms with Crippen molar-refractivity contribution >= 4 is 5.91 Å². The van der Waals surface area contributed by atoms with Gasteiger partial charge in [-0.05, 0) is 42.9 Å². The van der Waals surface area contributed by atoms with Crippen molar-refractivity contribution in [3.8, 4) is 6.07 Å². The number of hydrogen-bond donors (Lipinski definition) is 1. The molecule has 1 fully saturated rings. The third-order valence-corrected chi connectivity index (χ3v) is 4.14. The zero-order valence-electron chi connectivity index (χ0n) is 12.1. The molecule has 2 unspecified atom stereocenters. The van der Waals surface area contributed by atoms with Crippen molar-refractivity contribution in [1.82, 2.24) is 5.32 Å². The fourth-order valence-electron chi connectivity index (χ4n) is 3.04. The lowest BCUT2D eigenvalue weighted by Gasteiger charge is -2.26. The van der Waals surface area contributed by atoms with Crippen LogP contribution < -0.4 is 5.32 Å². The van der Waals surface area contributed by atoms with Gasteiger partial charge in [0.1, 0.15) is 0 Å². The second kappa shape index (κ2) is 7.09. The van der Waals surface area contributed by atoms with Gasteiger partial charge in [0.25, 0.3) is 5.91 Å². The molecule has 20 heavy (non-hydrogen) atoms. The molecular formula is C17H22N2O. The molecule has 2 atom stereocenters. The summed E-state index contributed by atoms with van der Waals surface area (Å²) in [5, 5.41) is 11.8. The van der Waals surface area contributed by atoms with Crippen LogP contribution in [-0.4, -0.2) is 12.5 Å². The summed E-state index contributed by atoms with van der Waals surface area (Å²) in [7, 11) is 0. The Morgan fingerprint density at radius 1 is 1.45 bits per heavy atom. The van der Waals surface area contributed by atoms with E-state index in [1.807, 2.05) is 0 Å². The van der Waals surface area contributed by atoms with Crippen LogP contribution in [0.25, 0.3) is 0 Å². The first-order valence-corrected chi connectivity index (χ1v) is 7.47. The molecule has 1 N–H and O–H groups in total. The van der Waals surface area contributed by atoms with Gasteiger partial charge in [-0.2, -0.15) is 5.26 Å². The molecule has 106 valence electrons. The molecule has 0 aromatic heterocycles. The number of benzene rings is 1. The van der Waals surface area contributed by atoms with Crippen LogP contribution >= 0.6 is 0 Å². The number of nitrogens with one attached hydrogen (secondary N) is 1. The third kappa shape index (κ3) is 4.09. The number of amides is 1. The summed E-state index contributed by atoms with van der Waals surface area (Å²) in [4.78, 5) is 12.0. The Hall–Kier alpha value is -1.82. The summed E-state index contributed by atoms with van der Waals surface area (Å²) < 4.78 is 0. The summed E-state index contributed by atoms with van der Waals surface area (Å²) in [5.41, 5.74) is 1.10. The summed E-state index contributed by atoms with van der Waals surface area (Å²) >= 11 is 0. The second-order valence-electron chi connectivity index (χ2n) is 5.87. The second-order valence-corrected chi connectivity index (χ2v) is 5.87. The van der Waals surface area contributed by atoms with E-state index in [2.05, 4.69) is 18.3 Å². The Labute approximate surface area is 121 Å². The number of nitriles is 1. The fraction of sp³-hybridized carbons (Fsp3) is 0.529. The monoisotopic (exact) mass is 270 g/mol. The van der Waals surface area contributed by atoms with E-state index < -0.39 is 0 Å². The predicted octanol–water partition coefficient (Wildman–Crippen LogP) is 3.50. The average Bonchev–Trinajstić information content (AvgIpc) is 2.47. The molecule has 1 saturated carbocycles. The quantitative estimate of drug-likeness (QED) is 0.910. The van der Waals surface area contributed by atoms with Crippen molar-refractivity contribution in [2.24, 2.45) is 11.8 Å². The van der Waals surface area contributed by atoms with Gasteiger partial charge in [0.05, 0.1) is 11.6 Å². The van der Waals surface area contributed by atoms with Crippen molar-refractivity contribution in [3.05, 3.63) is 35.4 Å². The Balaban J connectivity index is 1.78. The van der Waals surface area contributed by atoms with Gasteiger partial charge in [-0.1, -0.05) is 32.3 Å². The van der Waals surface area contributed by atoms with Gasteiger partial charge in [0.15, 0.2) is 0 Å². The molecule has 1 aliphatic rings. The molecular weight excluding hydrogens is 248 g/mol. The van der Waals surface area contributed by atoms with Crippen molar-refractivity contribution in [1.29, 1.82) is 5.26 Å². The van der Waals surface area contributed by atoms with Gasteiger partial charge in [-0.25, -0.2) is 0 Å². The fourth-order valence-corrected chi connectivity index (χ4v) is 3.04. The minimum atomic E-state index is -0.0778. The lowest BCUT2D eigenvalue weighted by atomic mass is 9.81. The third-order valence-electron chi connectivity index (χ3n) is 4.14. The molecule has 3 heteroatoms. The highest BCUT2D eigenvalue weighted by Gasteiger charge is 2.18. The van der Waals surface area contributed by atoms with Gasteiger partial charge in [0.2, 0.25) is 0 Å². The van der Waals surface area contributed by atoms with E-state index in [1.165, 1.54) is 25.7 Å². The Morgan fingerprint density at radius 3 is 3.05 bits per heavy atom. The van der Waals surface area contributed by atoms with Crippen molar-refractivity contribution in [2.75, 3.05) is 6.54 Å². The normalized spacial score (nSPS) is 22.0. The Kier molecular flexibility index (Phi) is 5.17. The maximum Gasteiger partial charge on any atom is 0.251 e. The largest absolute Gasteiger partial charge is 0.352 e. The van der Waals surface area contributed by atoms with E-state index in [9.17, 15) is 4.79 Å². The van der Waals surface area contributed by atoms with Gasteiger partial charge >= 0.3 is 0 Å². The molecule has 0 aliphatic heterocycles. The molecule has 0 spiro atoms. The Morgan fingerprint density at radius 2 is 2.30 bits per heavy atom. The molecule has 0 radical (unpaired) electrons. The summed E-state index contributed by atoms with van der Waals surface area (Å²) in [6.07, 6.45) is 6.33. The van der Waals surface area contributed by atoms with E-state index in [4.69, 9.17) is 5.26 Å². The summed E-state index contributed by atoms with van der Waals surface area (Å²) in [5.74, 6) is 1.51. The van der Waals surface area contributed by atoms with Gasteiger partial charge in [-0.3, -0.25) is 4.79 Å². The molecule has 1 aromatic rings. The van der Waals surface area contributed by atoms with Crippen molar-refractivity contribution < 1.29 is 4.79 Å². The number of carbonyl (C=O) groups is 1. The van der Waals surface area contributed by atoms with Crippen LogP contribution in [0.15, 0.2) is 24.3 Å². The highest BCUT2D eigenvalue weighted by molar-refractivity contribution is 5.94. The topological polar surface area (TPSA) is 52.9 Å². The molecule has 1 aliphatic carbocycles. The number of hydrogen-bond acceptors (Lipinski definition) is 2. The highest BCUT2D eigenvalue weighted by Crippen LogP contribution is 2.30.